The van der Waals surface area contributed by atoms with Crippen LogP contribution in [0.1, 0.15) is 30.1 Å². The van der Waals surface area contributed by atoms with Gasteiger partial charge in [0.1, 0.15) is 0 Å². The topological polar surface area (TPSA) is 37.4 Å². The van der Waals surface area contributed by atoms with E-state index in [4.69, 9.17) is 11.6 Å². The first-order valence-electron chi connectivity index (χ1n) is 5.69. The minimum absolute atomic E-state index is 0.0413. The molecule has 1 heterocycles. The SMILES string of the molecule is CCC(=O)c1ccc(N2CC(Cl)CC2=O)cc1. The molecule has 0 N–H and O–H groups in total. The quantitative estimate of drug-likeness (QED) is 0.612. The predicted molar refractivity (Wildman–Crippen MR) is 67.7 cm³/mol. The molecule has 0 spiro atoms. The van der Waals surface area contributed by atoms with Crippen molar-refractivity contribution in [2.75, 3.05) is 11.4 Å². The van der Waals surface area contributed by atoms with Crippen LogP contribution in [0.2, 0.25) is 0 Å². The van der Waals surface area contributed by atoms with E-state index in [0.29, 0.717) is 24.9 Å². The Bertz CT molecular complexity index is 441. The number of nitrogens with zero attached hydrogens (tertiary/aromatic N) is 1. The average Bonchev–Trinajstić information content (AvgIpc) is 2.68. The molecule has 1 saturated heterocycles. The highest BCUT2D eigenvalue weighted by atomic mass is 35.5. The number of anilines is 1. The van der Waals surface area contributed by atoms with Crippen LogP contribution in [0.4, 0.5) is 5.69 Å². The molecule has 17 heavy (non-hydrogen) atoms. The van der Waals surface area contributed by atoms with Crippen molar-refractivity contribution in [1.29, 1.82) is 0 Å². The van der Waals surface area contributed by atoms with Crippen LogP contribution in [-0.4, -0.2) is 23.6 Å². The highest BCUT2D eigenvalue weighted by Gasteiger charge is 2.28. The first kappa shape index (κ1) is 12.1. The minimum Gasteiger partial charge on any atom is -0.311 e. The Morgan fingerprint density at radius 2 is 2.06 bits per heavy atom. The van der Waals surface area contributed by atoms with Crippen molar-refractivity contribution >= 4 is 29.0 Å². The lowest BCUT2D eigenvalue weighted by atomic mass is 10.1. The Kier molecular flexibility index (Phi) is 3.48. The maximum absolute atomic E-state index is 11.6. The third-order valence-electron chi connectivity index (χ3n) is 2.90. The van der Waals surface area contributed by atoms with Gasteiger partial charge in [-0.15, -0.1) is 11.6 Å². The van der Waals surface area contributed by atoms with Crippen LogP contribution in [0.25, 0.3) is 0 Å². The number of amides is 1. The van der Waals surface area contributed by atoms with Crippen molar-refractivity contribution < 1.29 is 9.59 Å². The smallest absolute Gasteiger partial charge is 0.228 e. The lowest BCUT2D eigenvalue weighted by Gasteiger charge is -2.15. The van der Waals surface area contributed by atoms with E-state index in [9.17, 15) is 9.59 Å². The van der Waals surface area contributed by atoms with Crippen molar-refractivity contribution in [2.45, 2.75) is 25.1 Å². The molecule has 3 nitrogen and oxygen atoms in total. The van der Waals surface area contributed by atoms with Gasteiger partial charge in [-0.2, -0.15) is 0 Å². The number of halogens is 1. The van der Waals surface area contributed by atoms with Crippen molar-refractivity contribution in [2.24, 2.45) is 0 Å². The monoisotopic (exact) mass is 251 g/mol. The fourth-order valence-electron chi connectivity index (χ4n) is 1.94. The molecule has 0 aromatic heterocycles. The number of hydrogen-bond acceptors (Lipinski definition) is 2. The van der Waals surface area contributed by atoms with E-state index in [1.54, 1.807) is 29.2 Å². The van der Waals surface area contributed by atoms with Gasteiger partial charge in [-0.05, 0) is 24.3 Å². The van der Waals surface area contributed by atoms with Gasteiger partial charge in [0.2, 0.25) is 5.91 Å². The molecule has 1 aliphatic rings. The van der Waals surface area contributed by atoms with Crippen LogP contribution in [0, 0.1) is 0 Å². The van der Waals surface area contributed by atoms with Crippen molar-refractivity contribution in [1.82, 2.24) is 0 Å². The van der Waals surface area contributed by atoms with E-state index < -0.39 is 0 Å². The highest BCUT2D eigenvalue weighted by Crippen LogP contribution is 2.24. The summed E-state index contributed by atoms with van der Waals surface area (Å²) in [6.07, 6.45) is 0.878. The second kappa shape index (κ2) is 4.88. The lowest BCUT2D eigenvalue weighted by molar-refractivity contribution is -0.117. The molecule has 1 unspecified atom stereocenters. The van der Waals surface area contributed by atoms with E-state index in [1.165, 1.54) is 0 Å². The van der Waals surface area contributed by atoms with Gasteiger partial charge in [0.05, 0.1) is 5.38 Å². The molecule has 1 atom stereocenters. The van der Waals surface area contributed by atoms with Crippen LogP contribution >= 0.6 is 11.6 Å². The van der Waals surface area contributed by atoms with Crippen LogP contribution in [0.3, 0.4) is 0 Å². The Hall–Kier alpha value is -1.35. The number of carbonyl (C=O) groups is 2. The summed E-state index contributed by atoms with van der Waals surface area (Å²) in [5.74, 6) is 0.152. The lowest BCUT2D eigenvalue weighted by Crippen LogP contribution is -2.24. The number of ketones is 1. The molecular formula is C13H14ClNO2. The number of hydrogen-bond donors (Lipinski definition) is 0. The molecule has 90 valence electrons. The number of carbonyl (C=O) groups excluding carboxylic acids is 2. The van der Waals surface area contributed by atoms with Gasteiger partial charge in [0.25, 0.3) is 0 Å². The summed E-state index contributed by atoms with van der Waals surface area (Å²) >= 11 is 5.94. The van der Waals surface area contributed by atoms with E-state index in [1.807, 2.05) is 6.92 Å². The number of benzene rings is 1. The molecule has 1 aromatic rings. The number of rotatable bonds is 3. The van der Waals surface area contributed by atoms with Gasteiger partial charge in [-0.3, -0.25) is 9.59 Å². The molecule has 4 heteroatoms. The third-order valence-corrected chi connectivity index (χ3v) is 3.19. The first-order chi connectivity index (χ1) is 8.11. The molecule has 0 radical (unpaired) electrons. The van der Waals surface area contributed by atoms with Crippen LogP contribution in [0.5, 0.6) is 0 Å². The number of alkyl halides is 1. The summed E-state index contributed by atoms with van der Waals surface area (Å²) in [7, 11) is 0. The predicted octanol–water partition coefficient (Wildman–Crippen LogP) is 2.62. The van der Waals surface area contributed by atoms with Crippen molar-refractivity contribution in [3.05, 3.63) is 29.8 Å². The van der Waals surface area contributed by atoms with E-state index in [-0.39, 0.29) is 17.1 Å². The van der Waals surface area contributed by atoms with E-state index in [0.717, 1.165) is 5.69 Å². The van der Waals surface area contributed by atoms with Gasteiger partial charge in [0.15, 0.2) is 5.78 Å². The second-order valence-electron chi connectivity index (χ2n) is 4.13. The van der Waals surface area contributed by atoms with Crippen LogP contribution in [0.15, 0.2) is 24.3 Å². The van der Waals surface area contributed by atoms with Crippen molar-refractivity contribution in [3.63, 3.8) is 0 Å². The zero-order chi connectivity index (χ0) is 12.4. The average molecular weight is 252 g/mol. The Balaban J connectivity index is 2.18. The summed E-state index contributed by atoms with van der Waals surface area (Å²) in [5.41, 5.74) is 1.50. The standard InChI is InChI=1S/C13H14ClNO2/c1-2-12(16)9-3-5-11(6-4-9)15-8-10(14)7-13(15)17/h3-6,10H,2,7-8H2,1H3. The summed E-state index contributed by atoms with van der Waals surface area (Å²) in [4.78, 5) is 24.8. The molecule has 2 rings (SSSR count). The zero-order valence-electron chi connectivity index (χ0n) is 9.65. The van der Waals surface area contributed by atoms with E-state index >= 15 is 0 Å². The summed E-state index contributed by atoms with van der Waals surface area (Å²) in [6.45, 7) is 2.37. The van der Waals surface area contributed by atoms with Gasteiger partial charge in [-0.1, -0.05) is 6.92 Å². The maximum atomic E-state index is 11.6. The molecule has 0 aliphatic carbocycles. The highest BCUT2D eigenvalue weighted by molar-refractivity contribution is 6.24. The van der Waals surface area contributed by atoms with E-state index in [2.05, 4.69) is 0 Å². The molecular weight excluding hydrogens is 238 g/mol. The molecule has 1 aromatic carbocycles. The first-order valence-corrected chi connectivity index (χ1v) is 6.13. The third kappa shape index (κ3) is 2.50. The molecule has 1 aliphatic heterocycles. The summed E-state index contributed by atoms with van der Waals surface area (Å²) in [5, 5.41) is -0.112. The fraction of sp³-hybridized carbons (Fsp3) is 0.385. The summed E-state index contributed by atoms with van der Waals surface area (Å²) in [6, 6.07) is 7.12. The van der Waals surface area contributed by atoms with Crippen LogP contribution in [-0.2, 0) is 4.79 Å². The van der Waals surface area contributed by atoms with Crippen molar-refractivity contribution in [3.8, 4) is 0 Å². The Labute approximate surface area is 105 Å². The van der Waals surface area contributed by atoms with Gasteiger partial charge >= 0.3 is 0 Å². The van der Waals surface area contributed by atoms with Gasteiger partial charge < -0.3 is 4.90 Å². The number of Topliss-reactive ketones (excluding diaryl/α,β-unsaturated/α-hetero) is 1. The second-order valence-corrected chi connectivity index (χ2v) is 4.75. The Morgan fingerprint density at radius 3 is 2.53 bits per heavy atom. The normalized spacial score (nSPS) is 19.8. The molecule has 0 bridgehead atoms. The summed E-state index contributed by atoms with van der Waals surface area (Å²) < 4.78 is 0. The van der Waals surface area contributed by atoms with Gasteiger partial charge in [0, 0.05) is 30.6 Å². The zero-order valence-corrected chi connectivity index (χ0v) is 10.4. The Morgan fingerprint density at radius 1 is 1.41 bits per heavy atom. The maximum Gasteiger partial charge on any atom is 0.228 e. The molecule has 1 fully saturated rings. The molecule has 1 amide bonds. The molecule has 0 saturated carbocycles. The van der Waals surface area contributed by atoms with Crippen LogP contribution < -0.4 is 4.90 Å². The largest absolute Gasteiger partial charge is 0.311 e. The van der Waals surface area contributed by atoms with Gasteiger partial charge in [-0.25, -0.2) is 0 Å². The minimum atomic E-state index is -0.112. The fourth-order valence-corrected chi connectivity index (χ4v) is 2.21.